The Morgan fingerprint density at radius 1 is 0.788 bits per heavy atom. The predicted octanol–water partition coefficient (Wildman–Crippen LogP) is 3.52. The monoisotopic (exact) mass is 440 g/mol. The van der Waals surface area contributed by atoms with Crippen molar-refractivity contribution in [1.29, 1.82) is 0 Å². The van der Waals surface area contributed by atoms with Crippen LogP contribution in [-0.2, 0) is 13.1 Å². The first-order valence-corrected chi connectivity index (χ1v) is 10.2. The summed E-state index contributed by atoms with van der Waals surface area (Å²) in [5, 5.41) is 6.33. The van der Waals surface area contributed by atoms with Crippen molar-refractivity contribution in [2.75, 3.05) is 10.6 Å². The van der Waals surface area contributed by atoms with Gasteiger partial charge in [0, 0.05) is 6.54 Å². The fourth-order valence-corrected chi connectivity index (χ4v) is 3.08. The second kappa shape index (κ2) is 9.56. The van der Waals surface area contributed by atoms with Crippen LogP contribution in [0.25, 0.3) is 22.3 Å². The van der Waals surface area contributed by atoms with Gasteiger partial charge in [-0.2, -0.15) is 4.98 Å². The highest BCUT2D eigenvalue weighted by molar-refractivity contribution is 5.81. The van der Waals surface area contributed by atoms with E-state index >= 15 is 0 Å². The molecular formula is C22H20N10O. The van der Waals surface area contributed by atoms with Crippen molar-refractivity contribution >= 4 is 34.1 Å². The Labute approximate surface area is 187 Å². The van der Waals surface area contributed by atoms with Crippen molar-refractivity contribution in [1.82, 2.24) is 39.9 Å². The molecule has 0 radical (unpaired) electrons. The molecule has 11 nitrogen and oxygen atoms in total. The zero-order valence-corrected chi connectivity index (χ0v) is 17.4. The Balaban J connectivity index is 0.000000139. The predicted molar refractivity (Wildman–Crippen MR) is 123 cm³/mol. The van der Waals surface area contributed by atoms with Crippen LogP contribution < -0.4 is 10.6 Å². The molecule has 6 aromatic rings. The van der Waals surface area contributed by atoms with E-state index in [0.717, 1.165) is 22.6 Å². The molecule has 0 aliphatic rings. The van der Waals surface area contributed by atoms with E-state index in [1.807, 2.05) is 30.3 Å². The minimum atomic E-state index is 0.581. The Morgan fingerprint density at radius 3 is 2.55 bits per heavy atom. The first-order valence-electron chi connectivity index (χ1n) is 10.2. The zero-order chi connectivity index (χ0) is 22.3. The maximum atomic E-state index is 5.22. The number of anilines is 2. The van der Waals surface area contributed by atoms with E-state index in [1.165, 1.54) is 11.9 Å². The van der Waals surface area contributed by atoms with Gasteiger partial charge in [0.1, 0.15) is 23.1 Å². The fourth-order valence-electron chi connectivity index (χ4n) is 3.08. The summed E-state index contributed by atoms with van der Waals surface area (Å²) in [4.78, 5) is 30.7. The first-order chi connectivity index (χ1) is 16.3. The maximum absolute atomic E-state index is 5.22. The third kappa shape index (κ3) is 4.93. The van der Waals surface area contributed by atoms with E-state index in [9.17, 15) is 0 Å². The van der Waals surface area contributed by atoms with Gasteiger partial charge in [0.2, 0.25) is 5.95 Å². The molecule has 0 fully saturated rings. The molecule has 5 aromatic heterocycles. The quantitative estimate of drug-likeness (QED) is 0.305. The molecule has 0 spiro atoms. The van der Waals surface area contributed by atoms with Gasteiger partial charge in [-0.25, -0.2) is 24.9 Å². The highest BCUT2D eigenvalue weighted by atomic mass is 16.3. The van der Waals surface area contributed by atoms with Gasteiger partial charge in [0.05, 0.1) is 31.7 Å². The lowest BCUT2D eigenvalue weighted by Crippen LogP contribution is -2.03. The van der Waals surface area contributed by atoms with Crippen LogP contribution in [-0.4, -0.2) is 39.9 Å². The Kier molecular flexibility index (Phi) is 5.83. The highest BCUT2D eigenvalue weighted by Gasteiger charge is 2.05. The summed E-state index contributed by atoms with van der Waals surface area (Å²) in [7, 11) is 0. The van der Waals surface area contributed by atoms with Crippen molar-refractivity contribution in [2.24, 2.45) is 0 Å². The molecule has 0 bridgehead atoms. The van der Waals surface area contributed by atoms with E-state index in [1.54, 1.807) is 25.1 Å². The minimum Gasteiger partial charge on any atom is -0.467 e. The molecule has 4 N–H and O–H groups in total. The van der Waals surface area contributed by atoms with Crippen LogP contribution in [0, 0.1) is 0 Å². The molecule has 33 heavy (non-hydrogen) atoms. The molecule has 6 rings (SSSR count). The minimum absolute atomic E-state index is 0.581. The van der Waals surface area contributed by atoms with Gasteiger partial charge in [0.25, 0.3) is 0 Å². The van der Waals surface area contributed by atoms with Crippen LogP contribution in [0.4, 0.5) is 11.8 Å². The van der Waals surface area contributed by atoms with Crippen LogP contribution in [0.1, 0.15) is 11.3 Å². The number of H-pyrrole nitrogens is 2. The molecule has 0 unspecified atom stereocenters. The molecule has 11 heteroatoms. The maximum Gasteiger partial charge on any atom is 0.225 e. The van der Waals surface area contributed by atoms with E-state index < -0.39 is 0 Å². The number of fused-ring (bicyclic) bond motifs is 2. The number of benzene rings is 1. The lowest BCUT2D eigenvalue weighted by molar-refractivity contribution is 0.518. The van der Waals surface area contributed by atoms with E-state index in [0.29, 0.717) is 30.3 Å². The molecule has 0 aliphatic heterocycles. The zero-order valence-electron chi connectivity index (χ0n) is 17.4. The molecule has 0 saturated carbocycles. The van der Waals surface area contributed by atoms with Gasteiger partial charge in [0.15, 0.2) is 17.1 Å². The van der Waals surface area contributed by atoms with Crippen LogP contribution >= 0.6 is 0 Å². The number of nitrogens with one attached hydrogen (secondary N) is 4. The van der Waals surface area contributed by atoms with Crippen molar-refractivity contribution in [2.45, 2.75) is 13.1 Å². The standard InChI is InChI=1S/C12H11N5.C10H9N5O/c1-2-4-9(5-3-1)6-13-12-14-7-10-11(17-12)16-8-15-10;1-2-7(16-3-1)4-11-9-8-10(13-5-12-8)15-6-14-9/h1-5,7-8H,6H2,(H2,13,14,15,16,17);1-3,5-6H,4H2,(H2,11,12,13,14,15). The summed E-state index contributed by atoms with van der Waals surface area (Å²) in [6, 6.07) is 13.9. The average molecular weight is 440 g/mol. The number of hydrogen-bond donors (Lipinski definition) is 4. The number of aromatic amines is 2. The normalized spacial score (nSPS) is 10.7. The van der Waals surface area contributed by atoms with E-state index in [-0.39, 0.29) is 0 Å². The number of imidazole rings is 2. The highest BCUT2D eigenvalue weighted by Crippen LogP contribution is 2.15. The third-order valence-electron chi connectivity index (χ3n) is 4.70. The molecule has 0 saturated heterocycles. The number of rotatable bonds is 6. The van der Waals surface area contributed by atoms with Crippen molar-refractivity contribution in [3.8, 4) is 0 Å². The van der Waals surface area contributed by atoms with E-state index in [4.69, 9.17) is 4.42 Å². The van der Waals surface area contributed by atoms with Gasteiger partial charge in [-0.3, -0.25) is 0 Å². The van der Waals surface area contributed by atoms with Gasteiger partial charge in [-0.15, -0.1) is 0 Å². The van der Waals surface area contributed by atoms with Crippen molar-refractivity contribution < 1.29 is 4.42 Å². The van der Waals surface area contributed by atoms with Gasteiger partial charge in [-0.1, -0.05) is 30.3 Å². The molecule has 0 aliphatic carbocycles. The molecule has 0 atom stereocenters. The second-order valence-corrected chi connectivity index (χ2v) is 6.93. The largest absolute Gasteiger partial charge is 0.467 e. The van der Waals surface area contributed by atoms with Gasteiger partial charge >= 0.3 is 0 Å². The summed E-state index contributed by atoms with van der Waals surface area (Å²) in [6.07, 6.45) is 8.05. The molecule has 164 valence electrons. The number of hydrogen-bond acceptors (Lipinski definition) is 9. The number of aromatic nitrogens is 8. The number of furan rings is 1. The van der Waals surface area contributed by atoms with E-state index in [2.05, 4.69) is 62.6 Å². The summed E-state index contributed by atoms with van der Waals surface area (Å²) in [5.74, 6) is 2.17. The van der Waals surface area contributed by atoms with Gasteiger partial charge in [-0.05, 0) is 17.7 Å². The molecule has 5 heterocycles. The van der Waals surface area contributed by atoms with Crippen LogP contribution in [0.3, 0.4) is 0 Å². The topological polar surface area (TPSA) is 146 Å². The lowest BCUT2D eigenvalue weighted by atomic mass is 10.2. The second-order valence-electron chi connectivity index (χ2n) is 6.93. The third-order valence-corrected chi connectivity index (χ3v) is 4.70. The summed E-state index contributed by atoms with van der Waals surface area (Å²) >= 11 is 0. The summed E-state index contributed by atoms with van der Waals surface area (Å²) in [5.41, 5.74) is 4.16. The average Bonchev–Trinajstić information content (AvgIpc) is 3.64. The van der Waals surface area contributed by atoms with Gasteiger partial charge < -0.3 is 25.0 Å². The Bertz CT molecular complexity index is 1430. The van der Waals surface area contributed by atoms with Crippen LogP contribution in [0.2, 0.25) is 0 Å². The molecule has 0 amide bonds. The SMILES string of the molecule is c1ccc(CNc2ncc3[nH]cnc3n2)cc1.c1coc(CNc2ncnc3nc[nH]c23)c1. The number of nitrogens with zero attached hydrogens (tertiary/aromatic N) is 6. The van der Waals surface area contributed by atoms with Crippen molar-refractivity contribution in [3.05, 3.63) is 85.2 Å². The Morgan fingerprint density at radius 2 is 1.67 bits per heavy atom. The van der Waals surface area contributed by atoms with Crippen LogP contribution in [0.15, 0.2) is 78.3 Å². The molecular weight excluding hydrogens is 420 g/mol. The van der Waals surface area contributed by atoms with Crippen molar-refractivity contribution in [3.63, 3.8) is 0 Å². The van der Waals surface area contributed by atoms with Crippen LogP contribution in [0.5, 0.6) is 0 Å². The smallest absolute Gasteiger partial charge is 0.225 e. The lowest BCUT2D eigenvalue weighted by Gasteiger charge is -2.03. The summed E-state index contributed by atoms with van der Waals surface area (Å²) in [6.45, 7) is 1.29. The Hall–Kier alpha value is -4.80. The fraction of sp³-hybridized carbons (Fsp3) is 0.0909. The summed E-state index contributed by atoms with van der Waals surface area (Å²) < 4.78 is 5.22. The molecule has 1 aromatic carbocycles. The first kappa shape index (κ1) is 20.1.